The quantitative estimate of drug-likeness (QED) is 0.453. The van der Waals surface area contributed by atoms with Crippen LogP contribution in [-0.2, 0) is 4.79 Å². The summed E-state index contributed by atoms with van der Waals surface area (Å²) in [5, 5.41) is 8.86. The first-order valence-corrected chi connectivity index (χ1v) is 5.45. The van der Waals surface area contributed by atoms with Crippen molar-refractivity contribution in [3.8, 4) is 0 Å². The minimum atomic E-state index is -0.613. The van der Waals surface area contributed by atoms with Crippen molar-refractivity contribution in [1.29, 1.82) is 0 Å². The standard InChI is InChI=1S/C11H22O2.Li.H/c1-3-5-6-7-9-10(8-4-2)11(12)13;;/h10H,3-9H2,1-2H3,(H,12,13);;/q;+1;-1/t10-;;/m1../s1. The average Bonchev–Trinajstić information content (AvgIpc) is 2.10. The van der Waals surface area contributed by atoms with E-state index in [-0.39, 0.29) is 26.2 Å². The van der Waals surface area contributed by atoms with E-state index in [9.17, 15) is 4.79 Å². The number of aliphatic carboxylic acids is 1. The Kier molecular flexibility index (Phi) is 13.1. The molecule has 0 aromatic rings. The minimum absolute atomic E-state index is 0. The van der Waals surface area contributed by atoms with Gasteiger partial charge in [-0.3, -0.25) is 4.79 Å². The molecule has 0 saturated carbocycles. The van der Waals surface area contributed by atoms with E-state index in [0.717, 1.165) is 25.7 Å². The summed E-state index contributed by atoms with van der Waals surface area (Å²) in [6.07, 6.45) is 7.38. The summed E-state index contributed by atoms with van der Waals surface area (Å²) in [6.45, 7) is 4.21. The van der Waals surface area contributed by atoms with Gasteiger partial charge in [-0.1, -0.05) is 46.0 Å². The van der Waals surface area contributed by atoms with Gasteiger partial charge in [-0.2, -0.15) is 0 Å². The van der Waals surface area contributed by atoms with Crippen LogP contribution < -0.4 is 18.9 Å². The second-order valence-corrected chi connectivity index (χ2v) is 3.67. The molecule has 0 aliphatic heterocycles. The third-order valence-corrected chi connectivity index (χ3v) is 2.39. The Labute approximate surface area is 101 Å². The Bertz CT molecular complexity index is 143. The van der Waals surface area contributed by atoms with Crippen LogP contribution in [0.5, 0.6) is 0 Å². The maximum Gasteiger partial charge on any atom is 1.00 e. The van der Waals surface area contributed by atoms with Crippen molar-refractivity contribution in [3.05, 3.63) is 0 Å². The Balaban J connectivity index is -0.000000720. The van der Waals surface area contributed by atoms with Gasteiger partial charge in [0.05, 0.1) is 5.92 Å². The molecular weight excluding hydrogens is 171 g/mol. The molecule has 0 amide bonds. The van der Waals surface area contributed by atoms with Crippen LogP contribution in [0.25, 0.3) is 0 Å². The second-order valence-electron chi connectivity index (χ2n) is 3.67. The summed E-state index contributed by atoms with van der Waals surface area (Å²) < 4.78 is 0. The van der Waals surface area contributed by atoms with Crippen LogP contribution in [0.4, 0.5) is 0 Å². The van der Waals surface area contributed by atoms with E-state index in [0.29, 0.717) is 0 Å². The van der Waals surface area contributed by atoms with Gasteiger partial charge in [0, 0.05) is 0 Å². The van der Waals surface area contributed by atoms with E-state index < -0.39 is 5.97 Å². The van der Waals surface area contributed by atoms with Crippen molar-refractivity contribution >= 4 is 5.97 Å². The number of hydrogen-bond donors (Lipinski definition) is 1. The number of carbonyl (C=O) groups is 1. The van der Waals surface area contributed by atoms with Crippen molar-refractivity contribution in [3.63, 3.8) is 0 Å². The molecule has 0 heterocycles. The van der Waals surface area contributed by atoms with E-state index in [1.807, 2.05) is 6.92 Å². The first-order chi connectivity index (χ1) is 6.22. The molecule has 1 atom stereocenters. The smallest absolute Gasteiger partial charge is 1.00 e. The molecule has 0 spiro atoms. The third-order valence-electron chi connectivity index (χ3n) is 2.39. The molecule has 2 nitrogen and oxygen atoms in total. The van der Waals surface area contributed by atoms with Gasteiger partial charge in [-0.15, -0.1) is 0 Å². The Morgan fingerprint density at radius 2 is 1.79 bits per heavy atom. The fraction of sp³-hybridized carbons (Fsp3) is 0.909. The molecule has 0 radical (unpaired) electrons. The Hall–Kier alpha value is 0.0674. The first-order valence-electron chi connectivity index (χ1n) is 5.45. The molecule has 1 N–H and O–H groups in total. The summed E-state index contributed by atoms with van der Waals surface area (Å²) >= 11 is 0. The molecule has 0 aliphatic carbocycles. The van der Waals surface area contributed by atoms with Gasteiger partial charge in [0.25, 0.3) is 0 Å². The monoisotopic (exact) mass is 194 g/mol. The average molecular weight is 194 g/mol. The van der Waals surface area contributed by atoms with Crippen LogP contribution in [-0.4, -0.2) is 11.1 Å². The van der Waals surface area contributed by atoms with E-state index in [4.69, 9.17) is 5.11 Å². The molecule has 0 unspecified atom stereocenters. The van der Waals surface area contributed by atoms with Crippen LogP contribution in [0.15, 0.2) is 0 Å². The molecule has 0 fully saturated rings. The minimum Gasteiger partial charge on any atom is -1.00 e. The fourth-order valence-corrected chi connectivity index (χ4v) is 1.56. The second kappa shape index (κ2) is 11.1. The van der Waals surface area contributed by atoms with Crippen LogP contribution >= 0.6 is 0 Å². The van der Waals surface area contributed by atoms with Gasteiger partial charge in [0.1, 0.15) is 0 Å². The maximum absolute atomic E-state index is 10.8. The zero-order valence-corrected chi connectivity index (χ0v) is 9.88. The van der Waals surface area contributed by atoms with Crippen LogP contribution in [0.1, 0.15) is 60.2 Å². The first kappa shape index (κ1) is 16.5. The number of rotatable bonds is 8. The normalized spacial score (nSPS) is 11.9. The fourth-order valence-electron chi connectivity index (χ4n) is 1.56. The van der Waals surface area contributed by atoms with Gasteiger partial charge < -0.3 is 6.53 Å². The van der Waals surface area contributed by atoms with Crippen molar-refractivity contribution < 1.29 is 30.2 Å². The predicted octanol–water partition coefficient (Wildman–Crippen LogP) is 0.574. The molecule has 14 heavy (non-hydrogen) atoms. The molecular formula is C11H23LiO2. The Morgan fingerprint density at radius 1 is 1.14 bits per heavy atom. The zero-order valence-electron chi connectivity index (χ0n) is 10.9. The molecule has 0 bridgehead atoms. The molecule has 80 valence electrons. The SMILES string of the molecule is CCCCCC[C@@H](CCC)C(=O)O.[H-].[Li+]. The van der Waals surface area contributed by atoms with Crippen molar-refractivity contribution in [2.75, 3.05) is 0 Å². The predicted molar refractivity (Wildman–Crippen MR) is 55.9 cm³/mol. The van der Waals surface area contributed by atoms with Gasteiger partial charge in [0.15, 0.2) is 0 Å². The largest absolute Gasteiger partial charge is 1.00 e. The van der Waals surface area contributed by atoms with Crippen LogP contribution in [0, 0.1) is 5.92 Å². The molecule has 0 aromatic carbocycles. The molecule has 0 aromatic heterocycles. The summed E-state index contributed by atoms with van der Waals surface area (Å²) in [7, 11) is 0. The number of carboxylic acid groups (broad SMARTS) is 1. The number of carboxylic acids is 1. The molecule has 0 saturated heterocycles. The molecule has 3 heteroatoms. The van der Waals surface area contributed by atoms with Crippen molar-refractivity contribution in [2.24, 2.45) is 5.92 Å². The number of hydrogen-bond acceptors (Lipinski definition) is 1. The van der Waals surface area contributed by atoms with E-state index in [1.165, 1.54) is 19.3 Å². The number of unbranched alkanes of at least 4 members (excludes halogenated alkanes) is 3. The summed E-state index contributed by atoms with van der Waals surface area (Å²) in [5.41, 5.74) is 0. The Morgan fingerprint density at radius 3 is 2.21 bits per heavy atom. The van der Waals surface area contributed by atoms with Crippen molar-refractivity contribution in [1.82, 2.24) is 0 Å². The van der Waals surface area contributed by atoms with E-state index >= 15 is 0 Å². The van der Waals surface area contributed by atoms with Crippen molar-refractivity contribution in [2.45, 2.75) is 58.8 Å². The van der Waals surface area contributed by atoms with Gasteiger partial charge in [0.2, 0.25) is 0 Å². The van der Waals surface area contributed by atoms with E-state index in [2.05, 4.69) is 6.92 Å². The topological polar surface area (TPSA) is 37.3 Å². The van der Waals surface area contributed by atoms with Gasteiger partial charge in [-0.05, 0) is 12.8 Å². The van der Waals surface area contributed by atoms with Gasteiger partial charge >= 0.3 is 24.8 Å². The maximum atomic E-state index is 10.8. The van der Waals surface area contributed by atoms with Crippen LogP contribution in [0.2, 0.25) is 0 Å². The van der Waals surface area contributed by atoms with E-state index in [1.54, 1.807) is 0 Å². The third kappa shape index (κ3) is 8.66. The summed E-state index contributed by atoms with van der Waals surface area (Å²) in [5.74, 6) is -0.708. The summed E-state index contributed by atoms with van der Waals surface area (Å²) in [6, 6.07) is 0. The van der Waals surface area contributed by atoms with Gasteiger partial charge in [-0.25, -0.2) is 0 Å². The van der Waals surface area contributed by atoms with Crippen LogP contribution in [0.3, 0.4) is 0 Å². The summed E-state index contributed by atoms with van der Waals surface area (Å²) in [4.78, 5) is 10.8. The molecule has 0 rings (SSSR count). The molecule has 0 aliphatic rings. The zero-order chi connectivity index (χ0) is 10.1.